The maximum absolute atomic E-state index is 13.2. The average molecular weight is 422 g/mol. The Morgan fingerprint density at radius 2 is 1.96 bits per heavy atom. The maximum atomic E-state index is 13.2. The van der Waals surface area contributed by atoms with E-state index in [1.165, 1.54) is 0 Å². The number of rotatable bonds is 4. The maximum Gasteiger partial charge on any atom is 0.254 e. The molecular formula is C19H20BrNO3S. The first-order valence-corrected chi connectivity index (χ1v) is 10.8. The van der Waals surface area contributed by atoms with Crippen molar-refractivity contribution >= 4 is 31.7 Å². The van der Waals surface area contributed by atoms with Gasteiger partial charge in [0, 0.05) is 22.6 Å². The smallest absolute Gasteiger partial charge is 0.254 e. The molecule has 0 spiro atoms. The minimum absolute atomic E-state index is 0.0403. The van der Waals surface area contributed by atoms with Crippen molar-refractivity contribution in [3.8, 4) is 0 Å². The van der Waals surface area contributed by atoms with Gasteiger partial charge in [-0.3, -0.25) is 4.79 Å². The molecule has 132 valence electrons. The topological polar surface area (TPSA) is 54.5 Å². The highest BCUT2D eigenvalue weighted by Gasteiger charge is 2.35. The first-order valence-electron chi connectivity index (χ1n) is 8.17. The summed E-state index contributed by atoms with van der Waals surface area (Å²) in [5.41, 5.74) is 2.50. The van der Waals surface area contributed by atoms with Crippen molar-refractivity contribution in [3.05, 3.63) is 69.7 Å². The number of halogens is 1. The van der Waals surface area contributed by atoms with Crippen molar-refractivity contribution < 1.29 is 13.2 Å². The van der Waals surface area contributed by atoms with E-state index in [1.807, 2.05) is 49.4 Å². The van der Waals surface area contributed by atoms with Gasteiger partial charge in [0.05, 0.1) is 11.5 Å². The highest BCUT2D eigenvalue weighted by atomic mass is 79.9. The van der Waals surface area contributed by atoms with E-state index < -0.39 is 9.84 Å². The fraction of sp³-hybridized carbons (Fsp3) is 0.316. The predicted molar refractivity (Wildman–Crippen MR) is 102 cm³/mol. The SMILES string of the molecule is Cc1ccccc1C(=O)N(Cc1cccc(Br)c1)[C@@H]1CCS(=O)(=O)C1. The molecule has 1 fully saturated rings. The largest absolute Gasteiger partial charge is 0.330 e. The van der Waals surface area contributed by atoms with Crippen LogP contribution in [0.3, 0.4) is 0 Å². The molecule has 2 aromatic carbocycles. The Kier molecular flexibility index (Phi) is 5.29. The van der Waals surface area contributed by atoms with Gasteiger partial charge in [0.2, 0.25) is 0 Å². The first-order chi connectivity index (χ1) is 11.9. The molecule has 2 aromatic rings. The quantitative estimate of drug-likeness (QED) is 0.757. The monoisotopic (exact) mass is 421 g/mol. The van der Waals surface area contributed by atoms with Crippen LogP contribution in [0.2, 0.25) is 0 Å². The van der Waals surface area contributed by atoms with Crippen LogP contribution in [0.5, 0.6) is 0 Å². The Morgan fingerprint density at radius 1 is 1.20 bits per heavy atom. The molecule has 0 saturated carbocycles. The molecule has 25 heavy (non-hydrogen) atoms. The van der Waals surface area contributed by atoms with Crippen LogP contribution in [0, 0.1) is 6.92 Å². The van der Waals surface area contributed by atoms with Gasteiger partial charge in [0.1, 0.15) is 0 Å². The number of hydrogen-bond acceptors (Lipinski definition) is 3. The predicted octanol–water partition coefficient (Wildman–Crippen LogP) is 3.59. The lowest BCUT2D eigenvalue weighted by Crippen LogP contribution is -2.40. The second kappa shape index (κ2) is 7.30. The third-order valence-electron chi connectivity index (χ3n) is 4.53. The summed E-state index contributed by atoms with van der Waals surface area (Å²) in [5.74, 6) is 0.0759. The number of amides is 1. The average Bonchev–Trinajstić information content (AvgIpc) is 2.92. The summed E-state index contributed by atoms with van der Waals surface area (Å²) in [5, 5.41) is 0. The van der Waals surface area contributed by atoms with Crippen molar-refractivity contribution in [1.29, 1.82) is 0 Å². The lowest BCUT2D eigenvalue weighted by molar-refractivity contribution is 0.0680. The van der Waals surface area contributed by atoms with Crippen molar-refractivity contribution in [1.82, 2.24) is 4.90 Å². The summed E-state index contributed by atoms with van der Waals surface area (Å²) in [7, 11) is -3.07. The van der Waals surface area contributed by atoms with E-state index in [2.05, 4.69) is 15.9 Å². The lowest BCUT2D eigenvalue weighted by atomic mass is 10.1. The summed E-state index contributed by atoms with van der Waals surface area (Å²) in [6, 6.07) is 14.9. The molecule has 3 rings (SSSR count). The van der Waals surface area contributed by atoms with Crippen LogP contribution in [-0.4, -0.2) is 36.8 Å². The first kappa shape index (κ1) is 18.1. The minimum Gasteiger partial charge on any atom is -0.330 e. The van der Waals surface area contributed by atoms with E-state index in [0.717, 1.165) is 15.6 Å². The summed E-state index contributed by atoms with van der Waals surface area (Å²) in [6.45, 7) is 2.29. The van der Waals surface area contributed by atoms with Gasteiger partial charge >= 0.3 is 0 Å². The molecule has 1 atom stereocenters. The van der Waals surface area contributed by atoms with Gasteiger partial charge in [0.25, 0.3) is 5.91 Å². The van der Waals surface area contributed by atoms with Gasteiger partial charge in [-0.05, 0) is 42.7 Å². The normalized spacial score (nSPS) is 18.9. The number of benzene rings is 2. The van der Waals surface area contributed by atoms with Gasteiger partial charge in [-0.1, -0.05) is 46.3 Å². The zero-order chi connectivity index (χ0) is 18.0. The van der Waals surface area contributed by atoms with E-state index in [9.17, 15) is 13.2 Å². The van der Waals surface area contributed by atoms with Crippen molar-refractivity contribution in [2.45, 2.75) is 25.9 Å². The fourth-order valence-corrected chi connectivity index (χ4v) is 5.36. The third-order valence-corrected chi connectivity index (χ3v) is 6.77. The van der Waals surface area contributed by atoms with Gasteiger partial charge in [-0.25, -0.2) is 8.42 Å². The van der Waals surface area contributed by atoms with E-state index in [4.69, 9.17) is 0 Å². The molecule has 1 saturated heterocycles. The Bertz CT molecular complexity index is 895. The van der Waals surface area contributed by atoms with Gasteiger partial charge in [0.15, 0.2) is 9.84 Å². The standard InChI is InChI=1S/C19H20BrNO3S/c1-14-5-2-3-8-18(14)19(22)21(17-9-10-25(23,24)13-17)12-15-6-4-7-16(20)11-15/h2-8,11,17H,9-10,12-13H2,1H3/t17-/m1/s1. The molecule has 1 aliphatic rings. The molecule has 4 nitrogen and oxygen atoms in total. The van der Waals surface area contributed by atoms with Crippen LogP contribution < -0.4 is 0 Å². The van der Waals surface area contributed by atoms with E-state index in [-0.39, 0.29) is 23.5 Å². The molecule has 1 heterocycles. The second-order valence-electron chi connectivity index (χ2n) is 6.43. The van der Waals surface area contributed by atoms with Crippen LogP contribution >= 0.6 is 15.9 Å². The van der Waals surface area contributed by atoms with Crippen LogP contribution in [-0.2, 0) is 16.4 Å². The summed E-state index contributed by atoms with van der Waals surface area (Å²) in [4.78, 5) is 14.9. The third kappa shape index (κ3) is 4.30. The Hall–Kier alpha value is -1.66. The zero-order valence-corrected chi connectivity index (χ0v) is 16.4. The molecule has 0 radical (unpaired) electrons. The molecular weight excluding hydrogens is 402 g/mol. The lowest BCUT2D eigenvalue weighted by Gasteiger charge is -2.29. The number of carbonyl (C=O) groups is 1. The molecule has 0 N–H and O–H groups in total. The van der Waals surface area contributed by atoms with Crippen LogP contribution in [0.1, 0.15) is 27.9 Å². The molecule has 0 aliphatic carbocycles. The van der Waals surface area contributed by atoms with Crippen molar-refractivity contribution in [3.63, 3.8) is 0 Å². The second-order valence-corrected chi connectivity index (χ2v) is 9.58. The molecule has 1 aliphatic heterocycles. The van der Waals surface area contributed by atoms with E-state index in [0.29, 0.717) is 18.5 Å². The Morgan fingerprint density at radius 3 is 2.60 bits per heavy atom. The number of nitrogens with zero attached hydrogens (tertiary/aromatic N) is 1. The summed E-state index contributed by atoms with van der Waals surface area (Å²) < 4.78 is 24.8. The number of aryl methyl sites for hydroxylation is 1. The summed E-state index contributed by atoms with van der Waals surface area (Å²) >= 11 is 3.45. The number of hydrogen-bond donors (Lipinski definition) is 0. The van der Waals surface area contributed by atoms with Crippen LogP contribution in [0.25, 0.3) is 0 Å². The zero-order valence-electron chi connectivity index (χ0n) is 14.0. The summed E-state index contributed by atoms with van der Waals surface area (Å²) in [6.07, 6.45) is 0.494. The minimum atomic E-state index is -3.07. The molecule has 0 unspecified atom stereocenters. The van der Waals surface area contributed by atoms with Crippen LogP contribution in [0.4, 0.5) is 0 Å². The Labute approximate surface area is 156 Å². The van der Waals surface area contributed by atoms with Gasteiger partial charge in [-0.2, -0.15) is 0 Å². The van der Waals surface area contributed by atoms with Gasteiger partial charge < -0.3 is 4.90 Å². The van der Waals surface area contributed by atoms with Crippen molar-refractivity contribution in [2.75, 3.05) is 11.5 Å². The van der Waals surface area contributed by atoms with E-state index in [1.54, 1.807) is 11.0 Å². The molecule has 0 bridgehead atoms. The molecule has 1 amide bonds. The highest BCUT2D eigenvalue weighted by Crippen LogP contribution is 2.24. The number of sulfone groups is 1. The van der Waals surface area contributed by atoms with Gasteiger partial charge in [-0.15, -0.1) is 0 Å². The fourth-order valence-electron chi connectivity index (χ4n) is 3.19. The molecule has 6 heteroatoms. The van der Waals surface area contributed by atoms with Crippen molar-refractivity contribution in [2.24, 2.45) is 0 Å². The molecule has 0 aromatic heterocycles. The van der Waals surface area contributed by atoms with Crippen LogP contribution in [0.15, 0.2) is 53.0 Å². The highest BCUT2D eigenvalue weighted by molar-refractivity contribution is 9.10. The number of carbonyl (C=O) groups excluding carboxylic acids is 1. The Balaban J connectivity index is 1.94. The van der Waals surface area contributed by atoms with E-state index >= 15 is 0 Å².